The van der Waals surface area contributed by atoms with E-state index in [0.29, 0.717) is 5.56 Å². The lowest BCUT2D eigenvalue weighted by Crippen LogP contribution is -2.00. The molecule has 3 heteroatoms. The van der Waals surface area contributed by atoms with Crippen molar-refractivity contribution < 1.29 is 9.53 Å². The lowest BCUT2D eigenvalue weighted by Gasteiger charge is -2.01. The van der Waals surface area contributed by atoms with Crippen LogP contribution in [0.5, 0.6) is 0 Å². The Morgan fingerprint density at radius 2 is 1.86 bits per heavy atom. The van der Waals surface area contributed by atoms with Crippen molar-refractivity contribution in [2.75, 3.05) is 7.11 Å². The Labute approximate surface area is 128 Å². The van der Waals surface area contributed by atoms with Crippen molar-refractivity contribution in [1.82, 2.24) is 4.98 Å². The summed E-state index contributed by atoms with van der Waals surface area (Å²) in [5.41, 5.74) is 3.31. The first-order valence-electron chi connectivity index (χ1n) is 6.98. The summed E-state index contributed by atoms with van der Waals surface area (Å²) in [6.07, 6.45) is 3.87. The number of nitrogens with zero attached hydrogens (tertiary/aromatic N) is 1. The summed E-state index contributed by atoms with van der Waals surface area (Å²) in [5, 5.41) is 1.12. The number of ether oxygens (including phenoxy) is 1. The van der Waals surface area contributed by atoms with Crippen molar-refractivity contribution in [2.24, 2.45) is 0 Å². The van der Waals surface area contributed by atoms with Gasteiger partial charge in [0.1, 0.15) is 0 Å². The first-order chi connectivity index (χ1) is 10.8. The number of methoxy groups -OCH3 is 1. The molecule has 0 aliphatic carbocycles. The maximum atomic E-state index is 11.5. The lowest BCUT2D eigenvalue weighted by atomic mass is 10.1. The second kappa shape index (κ2) is 6.22. The highest BCUT2D eigenvalue weighted by Gasteiger charge is 2.04. The Kier molecular flexibility index (Phi) is 3.97. The van der Waals surface area contributed by atoms with Crippen LogP contribution in [0.3, 0.4) is 0 Å². The van der Waals surface area contributed by atoms with Gasteiger partial charge in [0.05, 0.1) is 23.9 Å². The van der Waals surface area contributed by atoms with Crippen LogP contribution in [-0.2, 0) is 4.74 Å². The molecule has 0 radical (unpaired) electrons. The van der Waals surface area contributed by atoms with Crippen LogP contribution in [0.2, 0.25) is 0 Å². The van der Waals surface area contributed by atoms with Gasteiger partial charge in [0, 0.05) is 5.39 Å². The van der Waals surface area contributed by atoms with Crippen LogP contribution in [0.1, 0.15) is 21.6 Å². The van der Waals surface area contributed by atoms with Gasteiger partial charge in [0.2, 0.25) is 0 Å². The van der Waals surface area contributed by atoms with Gasteiger partial charge < -0.3 is 4.74 Å². The molecule has 0 fully saturated rings. The molecule has 0 aliphatic heterocycles. The summed E-state index contributed by atoms with van der Waals surface area (Å²) in [6.45, 7) is 0. The van der Waals surface area contributed by atoms with Gasteiger partial charge in [-0.3, -0.25) is 0 Å². The Morgan fingerprint density at radius 3 is 2.73 bits per heavy atom. The van der Waals surface area contributed by atoms with Crippen LogP contribution >= 0.6 is 0 Å². The molecule has 1 aromatic heterocycles. The fourth-order valence-corrected chi connectivity index (χ4v) is 2.24. The summed E-state index contributed by atoms with van der Waals surface area (Å²) in [4.78, 5) is 16.1. The van der Waals surface area contributed by atoms with Gasteiger partial charge in [-0.15, -0.1) is 0 Å². The first-order valence-corrected chi connectivity index (χ1v) is 6.98. The number of pyridine rings is 1. The molecule has 0 spiro atoms. The van der Waals surface area contributed by atoms with Gasteiger partial charge in [0.25, 0.3) is 0 Å². The van der Waals surface area contributed by atoms with Gasteiger partial charge in [-0.05, 0) is 35.9 Å². The highest BCUT2D eigenvalue weighted by Crippen LogP contribution is 2.14. The van der Waals surface area contributed by atoms with Crippen LogP contribution in [0.15, 0.2) is 60.7 Å². The summed E-state index contributed by atoms with van der Waals surface area (Å²) in [6, 6.07) is 19.3. The van der Waals surface area contributed by atoms with E-state index in [-0.39, 0.29) is 5.97 Å². The van der Waals surface area contributed by atoms with Crippen LogP contribution in [0.4, 0.5) is 0 Å². The molecule has 0 atom stereocenters. The van der Waals surface area contributed by atoms with Gasteiger partial charge in [-0.2, -0.15) is 0 Å². The van der Waals surface area contributed by atoms with E-state index in [1.165, 1.54) is 7.11 Å². The van der Waals surface area contributed by atoms with E-state index in [1.54, 1.807) is 12.1 Å². The topological polar surface area (TPSA) is 39.2 Å². The van der Waals surface area contributed by atoms with Crippen molar-refractivity contribution in [3.63, 3.8) is 0 Å². The third-order valence-corrected chi connectivity index (χ3v) is 3.37. The molecule has 0 saturated heterocycles. The second-order valence-electron chi connectivity index (χ2n) is 4.88. The molecule has 0 N–H and O–H groups in total. The van der Waals surface area contributed by atoms with Crippen LogP contribution < -0.4 is 0 Å². The molecule has 1 heterocycles. The third-order valence-electron chi connectivity index (χ3n) is 3.37. The van der Waals surface area contributed by atoms with E-state index >= 15 is 0 Å². The van der Waals surface area contributed by atoms with Crippen molar-refractivity contribution in [3.8, 4) is 0 Å². The summed E-state index contributed by atoms with van der Waals surface area (Å²) in [5.74, 6) is -0.334. The van der Waals surface area contributed by atoms with E-state index in [1.807, 2.05) is 60.7 Å². The quantitative estimate of drug-likeness (QED) is 0.679. The Bertz CT molecular complexity index is 853. The van der Waals surface area contributed by atoms with E-state index < -0.39 is 0 Å². The smallest absolute Gasteiger partial charge is 0.337 e. The molecular weight excluding hydrogens is 274 g/mol. The fourth-order valence-electron chi connectivity index (χ4n) is 2.24. The van der Waals surface area contributed by atoms with Gasteiger partial charge in [-0.25, -0.2) is 9.78 Å². The molecule has 0 aliphatic rings. The highest BCUT2D eigenvalue weighted by atomic mass is 16.5. The van der Waals surface area contributed by atoms with Crippen molar-refractivity contribution in [1.29, 1.82) is 0 Å². The third kappa shape index (κ3) is 3.04. The van der Waals surface area contributed by atoms with Crippen LogP contribution in [0, 0.1) is 0 Å². The van der Waals surface area contributed by atoms with E-state index in [2.05, 4.69) is 4.98 Å². The minimum Gasteiger partial charge on any atom is -0.465 e. The highest BCUT2D eigenvalue weighted by molar-refractivity contribution is 5.90. The Hall–Kier alpha value is -2.94. The SMILES string of the molecule is COC(=O)c1cccc(C=Cc2ccc3ccccc3n2)c1. The van der Waals surface area contributed by atoms with Gasteiger partial charge in [-0.1, -0.05) is 42.5 Å². The number of hydrogen-bond donors (Lipinski definition) is 0. The second-order valence-corrected chi connectivity index (χ2v) is 4.88. The number of carbonyl (C=O) groups is 1. The summed E-state index contributed by atoms with van der Waals surface area (Å²) in [7, 11) is 1.38. The number of fused-ring (bicyclic) bond motifs is 1. The number of esters is 1. The van der Waals surface area contributed by atoms with Crippen molar-refractivity contribution in [2.45, 2.75) is 0 Å². The number of aromatic nitrogens is 1. The molecule has 0 bridgehead atoms. The molecule has 3 rings (SSSR count). The maximum absolute atomic E-state index is 11.5. The van der Waals surface area contributed by atoms with E-state index in [4.69, 9.17) is 4.74 Å². The Morgan fingerprint density at radius 1 is 1.00 bits per heavy atom. The minimum absolute atomic E-state index is 0.334. The molecule has 0 saturated carbocycles. The average Bonchev–Trinajstić information content (AvgIpc) is 2.59. The predicted octanol–water partition coefficient (Wildman–Crippen LogP) is 4.19. The number of hydrogen-bond acceptors (Lipinski definition) is 3. The maximum Gasteiger partial charge on any atom is 0.337 e. The van der Waals surface area contributed by atoms with E-state index in [0.717, 1.165) is 22.2 Å². The Balaban J connectivity index is 1.87. The van der Waals surface area contributed by atoms with Crippen molar-refractivity contribution in [3.05, 3.63) is 77.5 Å². The predicted molar refractivity (Wildman–Crippen MR) is 88.5 cm³/mol. The molecule has 0 amide bonds. The molecule has 3 aromatic rings. The summed E-state index contributed by atoms with van der Waals surface area (Å²) >= 11 is 0. The zero-order valence-electron chi connectivity index (χ0n) is 12.2. The van der Waals surface area contributed by atoms with Gasteiger partial charge >= 0.3 is 5.97 Å². The molecule has 3 nitrogen and oxygen atoms in total. The zero-order valence-corrected chi connectivity index (χ0v) is 12.2. The normalized spacial score (nSPS) is 11.0. The number of carbonyl (C=O) groups excluding carboxylic acids is 1. The number of benzene rings is 2. The molecular formula is C19H15NO2. The van der Waals surface area contributed by atoms with Crippen LogP contribution in [0.25, 0.3) is 23.1 Å². The molecule has 2 aromatic carbocycles. The molecule has 22 heavy (non-hydrogen) atoms. The largest absolute Gasteiger partial charge is 0.465 e. The lowest BCUT2D eigenvalue weighted by molar-refractivity contribution is 0.0600. The average molecular weight is 289 g/mol. The van der Waals surface area contributed by atoms with E-state index in [9.17, 15) is 4.79 Å². The number of para-hydroxylation sites is 1. The monoisotopic (exact) mass is 289 g/mol. The first kappa shape index (κ1) is 14.0. The summed E-state index contributed by atoms with van der Waals surface area (Å²) < 4.78 is 4.73. The minimum atomic E-state index is -0.334. The molecule has 0 unspecified atom stereocenters. The fraction of sp³-hybridized carbons (Fsp3) is 0.0526. The van der Waals surface area contributed by atoms with Crippen LogP contribution in [-0.4, -0.2) is 18.1 Å². The van der Waals surface area contributed by atoms with Crippen molar-refractivity contribution >= 4 is 29.0 Å². The standard InChI is InChI=1S/C19H15NO2/c1-22-19(21)16-7-4-5-14(13-16)9-11-17-12-10-15-6-2-3-8-18(15)20-17/h2-13H,1H3. The molecule has 108 valence electrons. The number of rotatable bonds is 3. The zero-order chi connectivity index (χ0) is 15.4. The van der Waals surface area contributed by atoms with Gasteiger partial charge in [0.15, 0.2) is 0 Å².